The van der Waals surface area contributed by atoms with Crippen LogP contribution in [0.3, 0.4) is 0 Å². The molecule has 1 atom stereocenters. The number of nitrogen functional groups attached to an aromatic ring is 1. The van der Waals surface area contributed by atoms with Crippen molar-refractivity contribution in [3.05, 3.63) is 12.4 Å². The summed E-state index contributed by atoms with van der Waals surface area (Å²) in [6.45, 7) is 7.52. The van der Waals surface area contributed by atoms with E-state index >= 15 is 0 Å². The van der Waals surface area contributed by atoms with Gasteiger partial charge in [-0.15, -0.1) is 0 Å². The minimum Gasteiger partial charge on any atom is -0.382 e. The summed E-state index contributed by atoms with van der Waals surface area (Å²) < 4.78 is 0. The quantitative estimate of drug-likeness (QED) is 0.766. The number of anilines is 2. The number of hydrogen-bond acceptors (Lipinski definition) is 4. The Balaban J connectivity index is 2.45. The van der Waals surface area contributed by atoms with E-state index in [1.807, 2.05) is 0 Å². The van der Waals surface area contributed by atoms with Crippen LogP contribution in [-0.4, -0.2) is 16.5 Å². The van der Waals surface area contributed by atoms with E-state index in [-0.39, 0.29) is 0 Å². The van der Waals surface area contributed by atoms with Gasteiger partial charge in [-0.05, 0) is 11.8 Å². The van der Waals surface area contributed by atoms with E-state index in [0.29, 0.717) is 17.7 Å². The van der Waals surface area contributed by atoms with Crippen LogP contribution in [0.1, 0.15) is 20.8 Å². The van der Waals surface area contributed by atoms with Crippen molar-refractivity contribution in [2.45, 2.75) is 20.8 Å². The van der Waals surface area contributed by atoms with Gasteiger partial charge >= 0.3 is 0 Å². The maximum atomic E-state index is 5.51. The van der Waals surface area contributed by atoms with Gasteiger partial charge in [0.2, 0.25) is 0 Å². The lowest BCUT2D eigenvalue weighted by Crippen LogP contribution is -2.17. The van der Waals surface area contributed by atoms with Crippen LogP contribution in [0.15, 0.2) is 12.4 Å². The van der Waals surface area contributed by atoms with Crippen molar-refractivity contribution in [3.8, 4) is 0 Å². The maximum Gasteiger partial charge on any atom is 0.146 e. The van der Waals surface area contributed by atoms with E-state index in [4.69, 9.17) is 5.73 Å². The molecule has 0 saturated heterocycles. The van der Waals surface area contributed by atoms with Crippen LogP contribution in [0.2, 0.25) is 0 Å². The summed E-state index contributed by atoms with van der Waals surface area (Å²) in [4.78, 5) is 8.07. The smallest absolute Gasteiger partial charge is 0.146 e. The summed E-state index contributed by atoms with van der Waals surface area (Å²) in [6.07, 6.45) is 3.22. The standard InChI is InChI=1S/C10H18N4/c1-7(2)8(3)4-13-10-6-12-5-9(11)14-10/h5-8H,4H2,1-3H3,(H3,11,13,14). The molecule has 0 radical (unpaired) electrons. The highest BCUT2D eigenvalue weighted by molar-refractivity contribution is 5.38. The highest BCUT2D eigenvalue weighted by Crippen LogP contribution is 2.11. The molecule has 0 saturated carbocycles. The Morgan fingerprint density at radius 3 is 2.64 bits per heavy atom. The minimum atomic E-state index is 0.451. The Hall–Kier alpha value is -1.32. The third-order valence-corrected chi connectivity index (χ3v) is 2.40. The summed E-state index contributed by atoms with van der Waals surface area (Å²) in [5.74, 6) is 2.47. The minimum absolute atomic E-state index is 0.451. The van der Waals surface area contributed by atoms with Crippen molar-refractivity contribution >= 4 is 11.6 Å². The van der Waals surface area contributed by atoms with Crippen molar-refractivity contribution in [2.24, 2.45) is 11.8 Å². The second-order valence-corrected chi connectivity index (χ2v) is 3.93. The normalized spacial score (nSPS) is 12.9. The number of hydrogen-bond donors (Lipinski definition) is 2. The first-order valence-electron chi connectivity index (χ1n) is 4.91. The average Bonchev–Trinajstić information content (AvgIpc) is 2.14. The lowest BCUT2D eigenvalue weighted by atomic mass is 9.98. The van der Waals surface area contributed by atoms with E-state index in [2.05, 4.69) is 36.1 Å². The van der Waals surface area contributed by atoms with E-state index in [9.17, 15) is 0 Å². The molecule has 0 aromatic carbocycles. The Kier molecular flexibility index (Phi) is 3.68. The Morgan fingerprint density at radius 1 is 1.36 bits per heavy atom. The molecule has 0 aliphatic rings. The Morgan fingerprint density at radius 2 is 2.07 bits per heavy atom. The van der Waals surface area contributed by atoms with Gasteiger partial charge in [-0.25, -0.2) is 4.98 Å². The average molecular weight is 194 g/mol. The highest BCUT2D eigenvalue weighted by Gasteiger charge is 2.06. The first-order valence-corrected chi connectivity index (χ1v) is 4.91. The second-order valence-electron chi connectivity index (χ2n) is 3.93. The fourth-order valence-electron chi connectivity index (χ4n) is 0.967. The molecular formula is C10H18N4. The molecule has 1 rings (SSSR count). The molecule has 1 aromatic rings. The first kappa shape index (κ1) is 10.8. The third kappa shape index (κ3) is 3.20. The number of rotatable bonds is 4. The number of nitrogens with one attached hydrogen (secondary N) is 1. The summed E-state index contributed by atoms with van der Waals surface area (Å²) in [5.41, 5.74) is 5.51. The van der Waals surface area contributed by atoms with Crippen LogP contribution in [0.4, 0.5) is 11.6 Å². The van der Waals surface area contributed by atoms with Crippen molar-refractivity contribution < 1.29 is 0 Å². The zero-order valence-electron chi connectivity index (χ0n) is 8.99. The molecule has 1 aromatic heterocycles. The summed E-state index contributed by atoms with van der Waals surface area (Å²) in [7, 11) is 0. The predicted molar refractivity (Wildman–Crippen MR) is 58.9 cm³/mol. The molecule has 4 nitrogen and oxygen atoms in total. The van der Waals surface area contributed by atoms with Gasteiger partial charge < -0.3 is 11.1 Å². The van der Waals surface area contributed by atoms with Crippen LogP contribution in [0.5, 0.6) is 0 Å². The van der Waals surface area contributed by atoms with Gasteiger partial charge in [0.25, 0.3) is 0 Å². The molecule has 0 spiro atoms. The van der Waals surface area contributed by atoms with Crippen LogP contribution in [-0.2, 0) is 0 Å². The topological polar surface area (TPSA) is 63.8 Å². The molecule has 14 heavy (non-hydrogen) atoms. The monoisotopic (exact) mass is 194 g/mol. The van der Waals surface area contributed by atoms with E-state index in [1.54, 1.807) is 6.20 Å². The van der Waals surface area contributed by atoms with Gasteiger partial charge in [-0.2, -0.15) is 0 Å². The predicted octanol–water partition coefficient (Wildman–Crippen LogP) is 1.76. The summed E-state index contributed by atoms with van der Waals surface area (Å²) in [5, 5.41) is 3.21. The van der Waals surface area contributed by atoms with Gasteiger partial charge in [0.1, 0.15) is 11.6 Å². The van der Waals surface area contributed by atoms with Crippen LogP contribution in [0.25, 0.3) is 0 Å². The fourth-order valence-corrected chi connectivity index (χ4v) is 0.967. The highest BCUT2D eigenvalue weighted by atomic mass is 15.0. The second kappa shape index (κ2) is 4.79. The van der Waals surface area contributed by atoms with Gasteiger partial charge in [-0.3, -0.25) is 4.98 Å². The molecule has 0 fully saturated rings. The van der Waals surface area contributed by atoms with Gasteiger partial charge in [0.15, 0.2) is 0 Å². The zero-order valence-corrected chi connectivity index (χ0v) is 8.99. The summed E-state index contributed by atoms with van der Waals surface area (Å²) in [6, 6.07) is 0. The van der Waals surface area contributed by atoms with Crippen LogP contribution >= 0.6 is 0 Å². The SMILES string of the molecule is CC(C)C(C)CNc1cncc(N)n1. The van der Waals surface area contributed by atoms with E-state index < -0.39 is 0 Å². The fraction of sp³-hybridized carbons (Fsp3) is 0.600. The molecule has 0 aliphatic heterocycles. The van der Waals surface area contributed by atoms with Crippen molar-refractivity contribution in [1.29, 1.82) is 0 Å². The molecule has 78 valence electrons. The zero-order chi connectivity index (χ0) is 10.6. The first-order chi connectivity index (χ1) is 6.59. The molecule has 0 amide bonds. The molecule has 3 N–H and O–H groups in total. The molecule has 1 heterocycles. The Bertz CT molecular complexity index is 285. The number of nitrogens with zero attached hydrogens (tertiary/aromatic N) is 2. The molecular weight excluding hydrogens is 176 g/mol. The number of aromatic nitrogens is 2. The maximum absolute atomic E-state index is 5.51. The molecule has 0 aliphatic carbocycles. The van der Waals surface area contributed by atoms with Crippen LogP contribution in [0, 0.1) is 11.8 Å². The van der Waals surface area contributed by atoms with E-state index in [0.717, 1.165) is 12.4 Å². The summed E-state index contributed by atoms with van der Waals surface area (Å²) >= 11 is 0. The Labute approximate surface area is 85.0 Å². The van der Waals surface area contributed by atoms with Crippen molar-refractivity contribution in [1.82, 2.24) is 9.97 Å². The molecule has 1 unspecified atom stereocenters. The van der Waals surface area contributed by atoms with E-state index in [1.165, 1.54) is 6.20 Å². The lowest BCUT2D eigenvalue weighted by molar-refractivity contribution is 0.439. The van der Waals surface area contributed by atoms with Gasteiger partial charge in [-0.1, -0.05) is 20.8 Å². The molecule has 0 bridgehead atoms. The van der Waals surface area contributed by atoms with Crippen molar-refractivity contribution in [3.63, 3.8) is 0 Å². The van der Waals surface area contributed by atoms with Gasteiger partial charge in [0.05, 0.1) is 12.4 Å². The lowest BCUT2D eigenvalue weighted by Gasteiger charge is -2.16. The third-order valence-electron chi connectivity index (χ3n) is 2.40. The van der Waals surface area contributed by atoms with Crippen LogP contribution < -0.4 is 11.1 Å². The largest absolute Gasteiger partial charge is 0.382 e. The van der Waals surface area contributed by atoms with Gasteiger partial charge in [0, 0.05) is 6.54 Å². The van der Waals surface area contributed by atoms with Crippen molar-refractivity contribution in [2.75, 3.05) is 17.6 Å². The molecule has 4 heteroatoms. The number of nitrogens with two attached hydrogens (primary N) is 1.